The van der Waals surface area contributed by atoms with Crippen LogP contribution in [0.25, 0.3) is 0 Å². The summed E-state index contributed by atoms with van der Waals surface area (Å²) in [6.45, 7) is 3.63. The molecule has 0 spiro atoms. The van der Waals surface area contributed by atoms with Gasteiger partial charge in [-0.1, -0.05) is 15.9 Å². The van der Waals surface area contributed by atoms with Crippen LogP contribution in [0.15, 0.2) is 51.8 Å². The van der Waals surface area contributed by atoms with Crippen molar-refractivity contribution in [1.82, 2.24) is 9.62 Å². The van der Waals surface area contributed by atoms with Crippen LogP contribution in [0.2, 0.25) is 0 Å². The molecule has 1 aliphatic carbocycles. The summed E-state index contributed by atoms with van der Waals surface area (Å²) in [4.78, 5) is 4.51. The quantitative estimate of drug-likeness (QED) is 0.462. The van der Waals surface area contributed by atoms with Crippen molar-refractivity contribution >= 4 is 31.6 Å². The summed E-state index contributed by atoms with van der Waals surface area (Å²) in [5.74, 6) is 0.535. The lowest BCUT2D eigenvalue weighted by molar-refractivity contribution is -0.137. The number of rotatable bonds is 7. The topological polar surface area (TPSA) is 76.4 Å². The van der Waals surface area contributed by atoms with Gasteiger partial charge in [-0.3, -0.25) is 4.90 Å². The van der Waals surface area contributed by atoms with Gasteiger partial charge in [0.15, 0.2) is 0 Å². The Hall–Kier alpha value is -2.13. The van der Waals surface area contributed by atoms with Gasteiger partial charge in [-0.25, -0.2) is 13.1 Å². The summed E-state index contributed by atoms with van der Waals surface area (Å²) < 4.78 is 68.6. The third-order valence-corrected chi connectivity index (χ3v) is 9.32. The smallest absolute Gasteiger partial charge is 0.369 e. The molecule has 1 saturated heterocycles. The highest BCUT2D eigenvalue weighted by Gasteiger charge is 2.32. The average Bonchev–Trinajstić information content (AvgIpc) is 2.88. The number of nitrogens with one attached hydrogen (secondary N) is 1. The largest absolute Gasteiger partial charge is 0.416 e. The molecule has 200 valence electrons. The number of nitriles is 1. The van der Waals surface area contributed by atoms with Gasteiger partial charge in [-0.2, -0.15) is 18.4 Å². The van der Waals surface area contributed by atoms with E-state index in [1.165, 1.54) is 6.07 Å². The third kappa shape index (κ3) is 7.47. The summed E-state index contributed by atoms with van der Waals surface area (Å²) in [7, 11) is -3.53. The maximum atomic E-state index is 13.2. The number of hydrogen-bond donors (Lipinski definition) is 1. The number of benzene rings is 2. The number of hydrogen-bond acceptors (Lipinski definition) is 5. The van der Waals surface area contributed by atoms with E-state index in [4.69, 9.17) is 5.26 Å². The summed E-state index contributed by atoms with van der Waals surface area (Å²) in [6.07, 6.45) is 0.0920. The highest BCUT2D eigenvalue weighted by molar-refractivity contribution is 9.10. The molecule has 0 radical (unpaired) electrons. The van der Waals surface area contributed by atoms with Crippen LogP contribution in [0.4, 0.5) is 18.9 Å². The molecule has 11 heteroatoms. The zero-order valence-corrected chi connectivity index (χ0v) is 22.7. The molecule has 0 unspecified atom stereocenters. The van der Waals surface area contributed by atoms with E-state index in [1.54, 1.807) is 24.3 Å². The maximum absolute atomic E-state index is 13.2. The van der Waals surface area contributed by atoms with Crippen molar-refractivity contribution in [3.05, 3.63) is 58.1 Å². The fourth-order valence-electron chi connectivity index (χ4n) is 5.09. The molecular weight excluding hydrogens is 569 g/mol. The minimum atomic E-state index is -4.49. The van der Waals surface area contributed by atoms with Crippen LogP contribution in [0, 0.1) is 17.2 Å². The van der Waals surface area contributed by atoms with Gasteiger partial charge in [0.2, 0.25) is 10.0 Å². The molecule has 0 aromatic heterocycles. The highest BCUT2D eigenvalue weighted by atomic mass is 79.9. The van der Waals surface area contributed by atoms with E-state index in [2.05, 4.69) is 25.6 Å². The zero-order valence-electron chi connectivity index (χ0n) is 20.3. The first kappa shape index (κ1) is 27.9. The molecule has 6 nitrogen and oxygen atoms in total. The molecule has 0 bridgehead atoms. The number of sulfonamides is 1. The summed E-state index contributed by atoms with van der Waals surface area (Å²) in [5.41, 5.74) is -0.337. The standard InChI is InChI=1S/C26H30BrF3N4O2S/c27-22-3-7-25(8-4-22)37(35,36)32-23-5-1-19(2-6-23)9-10-33-11-13-34(14-12-33)24-16-20(18-31)15-21(17-24)26(28,29)30/h3-4,7-8,15-17,19,23,32H,1-2,5-6,9-14H2. The summed E-state index contributed by atoms with van der Waals surface area (Å²) in [5, 5.41) is 9.14. The molecule has 2 aliphatic rings. The van der Waals surface area contributed by atoms with Crippen molar-refractivity contribution in [2.24, 2.45) is 5.92 Å². The molecule has 1 aliphatic heterocycles. The van der Waals surface area contributed by atoms with Gasteiger partial charge in [-0.15, -0.1) is 0 Å². The van der Waals surface area contributed by atoms with Crippen molar-refractivity contribution in [2.45, 2.75) is 49.2 Å². The lowest BCUT2D eigenvalue weighted by Gasteiger charge is -2.37. The number of halogens is 4. The third-order valence-electron chi connectivity index (χ3n) is 7.26. The zero-order chi connectivity index (χ0) is 26.6. The normalized spacial score (nSPS) is 21.5. The van der Waals surface area contributed by atoms with Crippen molar-refractivity contribution in [2.75, 3.05) is 37.6 Å². The lowest BCUT2D eigenvalue weighted by atomic mass is 9.84. The van der Waals surface area contributed by atoms with Crippen LogP contribution >= 0.6 is 15.9 Å². The molecule has 0 atom stereocenters. The first-order valence-corrected chi connectivity index (χ1v) is 14.7. The molecule has 2 aromatic carbocycles. The molecule has 37 heavy (non-hydrogen) atoms. The Morgan fingerprint density at radius 2 is 1.65 bits per heavy atom. The predicted molar refractivity (Wildman–Crippen MR) is 140 cm³/mol. The Morgan fingerprint density at radius 3 is 2.24 bits per heavy atom. The Bertz CT molecular complexity index is 1220. The first-order chi connectivity index (χ1) is 17.5. The molecule has 0 amide bonds. The number of anilines is 1. The predicted octanol–water partition coefficient (Wildman–Crippen LogP) is 5.39. The highest BCUT2D eigenvalue weighted by Crippen LogP contribution is 2.33. The van der Waals surface area contributed by atoms with E-state index in [1.807, 2.05) is 11.0 Å². The summed E-state index contributed by atoms with van der Waals surface area (Å²) >= 11 is 3.32. The van der Waals surface area contributed by atoms with Crippen LogP contribution < -0.4 is 9.62 Å². The molecule has 1 N–H and O–H groups in total. The van der Waals surface area contributed by atoms with Gasteiger partial charge in [0.05, 0.1) is 22.1 Å². The number of nitrogens with zero attached hydrogens (tertiary/aromatic N) is 3. The second-order valence-corrected chi connectivity index (χ2v) is 12.4. The van der Waals surface area contributed by atoms with Crippen LogP contribution in [-0.2, 0) is 16.2 Å². The lowest BCUT2D eigenvalue weighted by Crippen LogP contribution is -2.47. The minimum absolute atomic E-state index is 0.0157. The van der Waals surface area contributed by atoms with E-state index in [0.717, 1.165) is 68.3 Å². The fourth-order valence-corrected chi connectivity index (χ4v) is 6.66. The second-order valence-electron chi connectivity index (χ2n) is 9.79. The number of piperazine rings is 1. The van der Waals surface area contributed by atoms with Gasteiger partial charge < -0.3 is 4.90 Å². The second kappa shape index (κ2) is 11.7. The SMILES string of the molecule is N#Cc1cc(N2CCN(CCC3CCC(NS(=O)(=O)c4ccc(Br)cc4)CC3)CC2)cc(C(F)(F)F)c1. The molecule has 2 aromatic rings. The van der Waals surface area contributed by atoms with E-state index >= 15 is 0 Å². The van der Waals surface area contributed by atoms with E-state index < -0.39 is 21.8 Å². The first-order valence-electron chi connectivity index (χ1n) is 12.4. The average molecular weight is 600 g/mol. The maximum Gasteiger partial charge on any atom is 0.416 e. The molecule has 2 fully saturated rings. The van der Waals surface area contributed by atoms with Crippen molar-refractivity contribution in [3.8, 4) is 6.07 Å². The fraction of sp³-hybridized carbons (Fsp3) is 0.500. The minimum Gasteiger partial charge on any atom is -0.369 e. The van der Waals surface area contributed by atoms with Crippen LogP contribution in [0.3, 0.4) is 0 Å². The van der Waals surface area contributed by atoms with Gasteiger partial charge in [-0.05, 0) is 87.0 Å². The molecule has 4 rings (SSSR count). The molecular formula is C26H30BrF3N4O2S. The Balaban J connectivity index is 1.21. The van der Waals surface area contributed by atoms with Gasteiger partial charge in [0.1, 0.15) is 0 Å². The van der Waals surface area contributed by atoms with Crippen LogP contribution in [0.5, 0.6) is 0 Å². The van der Waals surface area contributed by atoms with E-state index in [-0.39, 0.29) is 16.5 Å². The molecule has 1 heterocycles. The number of alkyl halides is 3. The Kier molecular flexibility index (Phi) is 8.84. The van der Waals surface area contributed by atoms with Gasteiger partial charge >= 0.3 is 6.18 Å². The van der Waals surface area contributed by atoms with Crippen molar-refractivity contribution in [1.29, 1.82) is 5.26 Å². The Labute approximate surface area is 224 Å². The van der Waals surface area contributed by atoms with Gasteiger partial charge in [0, 0.05) is 42.4 Å². The van der Waals surface area contributed by atoms with Crippen molar-refractivity contribution in [3.63, 3.8) is 0 Å². The van der Waals surface area contributed by atoms with Crippen LogP contribution in [-0.4, -0.2) is 52.1 Å². The van der Waals surface area contributed by atoms with E-state index in [0.29, 0.717) is 24.7 Å². The van der Waals surface area contributed by atoms with E-state index in [9.17, 15) is 21.6 Å². The summed E-state index contributed by atoms with van der Waals surface area (Å²) in [6, 6.07) is 11.9. The molecule has 1 saturated carbocycles. The van der Waals surface area contributed by atoms with Crippen molar-refractivity contribution < 1.29 is 21.6 Å². The Morgan fingerprint density at radius 1 is 1.00 bits per heavy atom. The van der Waals surface area contributed by atoms with Gasteiger partial charge in [0.25, 0.3) is 0 Å². The van der Waals surface area contributed by atoms with Crippen LogP contribution in [0.1, 0.15) is 43.2 Å². The monoisotopic (exact) mass is 598 g/mol.